The molecule has 2 N–H and O–H groups in total. The SMILES string of the molecule is OCC1(NC[C@H]2C[C@H]3C=C[C@H]2C3)CCOCC1. The third kappa shape index (κ3) is 2.28. The summed E-state index contributed by atoms with van der Waals surface area (Å²) in [4.78, 5) is 0. The molecule has 1 heterocycles. The lowest BCUT2D eigenvalue weighted by atomic mass is 9.88. The molecule has 3 rings (SSSR count). The van der Waals surface area contributed by atoms with Crippen LogP contribution in [0.3, 0.4) is 0 Å². The van der Waals surface area contributed by atoms with Crippen molar-refractivity contribution in [3.05, 3.63) is 12.2 Å². The van der Waals surface area contributed by atoms with Crippen molar-refractivity contribution >= 4 is 0 Å². The van der Waals surface area contributed by atoms with Crippen LogP contribution in [-0.4, -0.2) is 37.0 Å². The highest BCUT2D eigenvalue weighted by molar-refractivity contribution is 5.10. The summed E-state index contributed by atoms with van der Waals surface area (Å²) in [7, 11) is 0. The Morgan fingerprint density at radius 2 is 2.06 bits per heavy atom. The van der Waals surface area contributed by atoms with Gasteiger partial charge in [-0.05, 0) is 50.0 Å². The molecule has 1 aliphatic heterocycles. The van der Waals surface area contributed by atoms with Gasteiger partial charge in [-0.3, -0.25) is 0 Å². The molecule has 0 radical (unpaired) electrons. The summed E-state index contributed by atoms with van der Waals surface area (Å²) in [5.74, 6) is 2.42. The molecule has 0 aromatic heterocycles. The summed E-state index contributed by atoms with van der Waals surface area (Å²) < 4.78 is 5.39. The second kappa shape index (κ2) is 4.71. The van der Waals surface area contributed by atoms with Gasteiger partial charge >= 0.3 is 0 Å². The molecule has 1 saturated carbocycles. The molecule has 0 amide bonds. The van der Waals surface area contributed by atoms with Crippen molar-refractivity contribution in [1.29, 1.82) is 0 Å². The standard InChI is InChI=1S/C14H23NO2/c16-10-14(3-5-17-6-4-14)15-9-13-8-11-1-2-12(13)7-11/h1-2,11-13,15-16H,3-10H2/t11-,12-,13+/m0/s1. The van der Waals surface area contributed by atoms with E-state index in [1.165, 1.54) is 12.8 Å². The second-order valence-corrected chi connectivity index (χ2v) is 5.97. The van der Waals surface area contributed by atoms with Crippen molar-refractivity contribution in [2.75, 3.05) is 26.4 Å². The van der Waals surface area contributed by atoms with Crippen molar-refractivity contribution in [2.24, 2.45) is 17.8 Å². The van der Waals surface area contributed by atoms with Crippen LogP contribution in [0.4, 0.5) is 0 Å². The zero-order chi connectivity index (χ0) is 11.7. The molecular weight excluding hydrogens is 214 g/mol. The molecule has 2 fully saturated rings. The van der Waals surface area contributed by atoms with Crippen molar-refractivity contribution in [2.45, 2.75) is 31.2 Å². The highest BCUT2D eigenvalue weighted by Gasteiger charge is 2.38. The first kappa shape index (κ1) is 11.7. The van der Waals surface area contributed by atoms with E-state index in [4.69, 9.17) is 4.74 Å². The monoisotopic (exact) mass is 237 g/mol. The van der Waals surface area contributed by atoms with Gasteiger partial charge in [0.05, 0.1) is 6.61 Å². The Labute approximate surface area is 103 Å². The van der Waals surface area contributed by atoms with Crippen molar-refractivity contribution in [1.82, 2.24) is 5.32 Å². The van der Waals surface area contributed by atoms with E-state index in [1.54, 1.807) is 0 Å². The molecule has 2 bridgehead atoms. The second-order valence-electron chi connectivity index (χ2n) is 5.97. The maximum absolute atomic E-state index is 9.62. The first-order chi connectivity index (χ1) is 8.31. The van der Waals surface area contributed by atoms with E-state index < -0.39 is 0 Å². The minimum atomic E-state index is -0.0657. The summed E-state index contributed by atoms with van der Waals surface area (Å²) in [6, 6.07) is 0. The van der Waals surface area contributed by atoms with Crippen LogP contribution in [0, 0.1) is 17.8 Å². The van der Waals surface area contributed by atoms with Gasteiger partial charge in [-0.15, -0.1) is 0 Å². The molecule has 1 saturated heterocycles. The smallest absolute Gasteiger partial charge is 0.0615 e. The van der Waals surface area contributed by atoms with Crippen LogP contribution in [0.2, 0.25) is 0 Å². The minimum Gasteiger partial charge on any atom is -0.394 e. The lowest BCUT2D eigenvalue weighted by Crippen LogP contribution is -2.53. The van der Waals surface area contributed by atoms with Crippen LogP contribution in [0.5, 0.6) is 0 Å². The fourth-order valence-electron chi connectivity index (χ4n) is 3.63. The lowest BCUT2D eigenvalue weighted by molar-refractivity contribution is 0.00988. The Morgan fingerprint density at radius 3 is 2.65 bits per heavy atom. The van der Waals surface area contributed by atoms with E-state index in [9.17, 15) is 5.11 Å². The Hall–Kier alpha value is -0.380. The topological polar surface area (TPSA) is 41.5 Å². The lowest BCUT2D eigenvalue weighted by Gasteiger charge is -2.38. The number of nitrogens with one attached hydrogen (secondary N) is 1. The molecule has 3 aliphatic rings. The highest BCUT2D eigenvalue weighted by Crippen LogP contribution is 2.43. The average Bonchev–Trinajstić information content (AvgIpc) is 3.00. The average molecular weight is 237 g/mol. The number of allylic oxidation sites excluding steroid dienone is 2. The molecule has 96 valence electrons. The molecule has 17 heavy (non-hydrogen) atoms. The van der Waals surface area contributed by atoms with Crippen LogP contribution in [0.1, 0.15) is 25.7 Å². The van der Waals surface area contributed by atoms with Crippen molar-refractivity contribution in [3.63, 3.8) is 0 Å². The zero-order valence-corrected chi connectivity index (χ0v) is 10.4. The molecule has 3 heteroatoms. The summed E-state index contributed by atoms with van der Waals surface area (Å²) in [5.41, 5.74) is -0.0657. The van der Waals surface area contributed by atoms with E-state index >= 15 is 0 Å². The molecule has 3 atom stereocenters. The predicted molar refractivity (Wildman–Crippen MR) is 66.7 cm³/mol. The predicted octanol–water partition coefficient (Wildman–Crippen LogP) is 1.33. The third-order valence-electron chi connectivity index (χ3n) is 4.91. The summed E-state index contributed by atoms with van der Waals surface area (Å²) in [6.07, 6.45) is 9.38. The molecule has 0 unspecified atom stereocenters. The van der Waals surface area contributed by atoms with Gasteiger partial charge in [0.25, 0.3) is 0 Å². The number of aliphatic hydroxyl groups excluding tert-OH is 1. The quantitative estimate of drug-likeness (QED) is 0.725. The molecule has 3 nitrogen and oxygen atoms in total. The van der Waals surface area contributed by atoms with Gasteiger partial charge in [0.1, 0.15) is 0 Å². The van der Waals surface area contributed by atoms with Gasteiger partial charge < -0.3 is 15.2 Å². The third-order valence-corrected chi connectivity index (χ3v) is 4.91. The van der Waals surface area contributed by atoms with Gasteiger partial charge in [-0.2, -0.15) is 0 Å². The molecule has 2 aliphatic carbocycles. The number of rotatable bonds is 4. The fraction of sp³-hybridized carbons (Fsp3) is 0.857. The number of hydrogen-bond donors (Lipinski definition) is 2. The van der Waals surface area contributed by atoms with Crippen LogP contribution >= 0.6 is 0 Å². The van der Waals surface area contributed by atoms with Gasteiger partial charge in [-0.1, -0.05) is 12.2 Å². The first-order valence-corrected chi connectivity index (χ1v) is 6.93. The molecule has 0 aromatic rings. The largest absolute Gasteiger partial charge is 0.394 e. The van der Waals surface area contributed by atoms with E-state index in [0.29, 0.717) is 0 Å². The van der Waals surface area contributed by atoms with E-state index in [-0.39, 0.29) is 12.1 Å². The van der Waals surface area contributed by atoms with Gasteiger partial charge in [0, 0.05) is 18.8 Å². The van der Waals surface area contributed by atoms with E-state index in [0.717, 1.165) is 50.4 Å². The number of aliphatic hydroxyl groups is 1. The zero-order valence-electron chi connectivity index (χ0n) is 10.4. The van der Waals surface area contributed by atoms with E-state index in [1.807, 2.05) is 0 Å². The summed E-state index contributed by atoms with van der Waals surface area (Å²) in [5, 5.41) is 13.3. The summed E-state index contributed by atoms with van der Waals surface area (Å²) in [6.45, 7) is 2.87. The molecule has 0 spiro atoms. The maximum Gasteiger partial charge on any atom is 0.0615 e. The Morgan fingerprint density at radius 1 is 1.24 bits per heavy atom. The van der Waals surface area contributed by atoms with Crippen molar-refractivity contribution < 1.29 is 9.84 Å². The van der Waals surface area contributed by atoms with Crippen LogP contribution < -0.4 is 5.32 Å². The number of ether oxygens (including phenoxy) is 1. The van der Waals surface area contributed by atoms with Gasteiger partial charge in [0.15, 0.2) is 0 Å². The van der Waals surface area contributed by atoms with E-state index in [2.05, 4.69) is 17.5 Å². The van der Waals surface area contributed by atoms with Gasteiger partial charge in [-0.25, -0.2) is 0 Å². The fourth-order valence-corrected chi connectivity index (χ4v) is 3.63. The number of fused-ring (bicyclic) bond motifs is 2. The van der Waals surface area contributed by atoms with Gasteiger partial charge in [0.2, 0.25) is 0 Å². The molecular formula is C14H23NO2. The maximum atomic E-state index is 9.62. The van der Waals surface area contributed by atoms with Crippen LogP contribution in [0.15, 0.2) is 12.2 Å². The Kier molecular flexibility index (Phi) is 3.24. The van der Waals surface area contributed by atoms with Crippen LogP contribution in [0.25, 0.3) is 0 Å². The van der Waals surface area contributed by atoms with Crippen LogP contribution in [-0.2, 0) is 4.74 Å². The summed E-state index contributed by atoms with van der Waals surface area (Å²) >= 11 is 0. The molecule has 0 aromatic carbocycles. The normalized spacial score (nSPS) is 38.8. The Bertz CT molecular complexity index is 297. The minimum absolute atomic E-state index is 0.0657. The van der Waals surface area contributed by atoms with Crippen molar-refractivity contribution in [3.8, 4) is 0 Å². The Balaban J connectivity index is 1.54. The first-order valence-electron chi connectivity index (χ1n) is 6.93. The highest BCUT2D eigenvalue weighted by atomic mass is 16.5. The number of hydrogen-bond acceptors (Lipinski definition) is 3.